The van der Waals surface area contributed by atoms with Crippen LogP contribution in [0.1, 0.15) is 96.0 Å². The average molecular weight is 378 g/mol. The van der Waals surface area contributed by atoms with Gasteiger partial charge in [0.2, 0.25) is 5.91 Å². The molecule has 0 saturated heterocycles. The van der Waals surface area contributed by atoms with Crippen LogP contribution in [-0.4, -0.2) is 27.1 Å². The number of rotatable bonds is 11. The molecule has 0 radical (unpaired) electrons. The highest BCUT2D eigenvalue weighted by Crippen LogP contribution is 2.36. The van der Waals surface area contributed by atoms with E-state index in [9.17, 15) is 9.90 Å². The molecule has 0 bridgehead atoms. The Morgan fingerprint density at radius 1 is 1.33 bits per heavy atom. The predicted molar refractivity (Wildman–Crippen MR) is 109 cm³/mol. The van der Waals surface area contributed by atoms with Crippen molar-refractivity contribution in [2.45, 2.75) is 97.0 Å². The molecule has 1 aliphatic rings. The molecule has 5 heteroatoms. The number of aryl methyl sites for hydroxylation is 1. The molecule has 0 aromatic carbocycles. The molecular formula is C22H39N3O2. The quantitative estimate of drug-likeness (QED) is 0.536. The van der Waals surface area contributed by atoms with Crippen LogP contribution in [0.2, 0.25) is 0 Å². The van der Waals surface area contributed by atoms with Gasteiger partial charge in [0, 0.05) is 24.2 Å². The van der Waals surface area contributed by atoms with E-state index in [4.69, 9.17) is 5.73 Å². The standard InChI is InChI=1S/C22H39N3O2/c1-4-17(15(2)3)13-20(26)19(12-16-8-6-5-7-9-16)22-24-14-18(25-22)10-11-21(23)27/h14-17,19-20,26H,4-13H2,1-3H3,(H2,23,27)(H,24,25)/t17-,19+,20-/m0/s1. The van der Waals surface area contributed by atoms with Crippen LogP contribution in [-0.2, 0) is 11.2 Å². The van der Waals surface area contributed by atoms with Crippen molar-refractivity contribution in [1.29, 1.82) is 0 Å². The van der Waals surface area contributed by atoms with E-state index in [1.165, 1.54) is 32.1 Å². The molecule has 1 aromatic rings. The molecule has 0 unspecified atom stereocenters. The molecule has 1 amide bonds. The molecule has 0 aliphatic heterocycles. The number of carbonyl (C=O) groups is 1. The number of H-pyrrole nitrogens is 1. The number of carbonyl (C=O) groups excluding carboxylic acids is 1. The lowest BCUT2D eigenvalue weighted by Gasteiger charge is -2.31. The molecule has 1 aliphatic carbocycles. The van der Waals surface area contributed by atoms with E-state index >= 15 is 0 Å². The third kappa shape index (κ3) is 6.95. The van der Waals surface area contributed by atoms with E-state index in [2.05, 4.69) is 30.7 Å². The van der Waals surface area contributed by atoms with E-state index < -0.39 is 0 Å². The van der Waals surface area contributed by atoms with Gasteiger partial charge in [-0.2, -0.15) is 0 Å². The largest absolute Gasteiger partial charge is 0.392 e. The number of nitrogens with zero attached hydrogens (tertiary/aromatic N) is 1. The first-order valence-electron chi connectivity index (χ1n) is 10.9. The van der Waals surface area contributed by atoms with Gasteiger partial charge in [0.05, 0.1) is 6.10 Å². The van der Waals surface area contributed by atoms with Crippen molar-refractivity contribution in [2.24, 2.45) is 23.5 Å². The minimum Gasteiger partial charge on any atom is -0.392 e. The molecule has 27 heavy (non-hydrogen) atoms. The summed E-state index contributed by atoms with van der Waals surface area (Å²) in [5.74, 6) is 2.40. The first-order chi connectivity index (χ1) is 12.9. The minimum absolute atomic E-state index is 0.0447. The van der Waals surface area contributed by atoms with E-state index in [-0.39, 0.29) is 17.9 Å². The Morgan fingerprint density at radius 3 is 2.63 bits per heavy atom. The number of amides is 1. The van der Waals surface area contributed by atoms with Crippen molar-refractivity contribution in [3.63, 3.8) is 0 Å². The van der Waals surface area contributed by atoms with Gasteiger partial charge < -0.3 is 15.8 Å². The van der Waals surface area contributed by atoms with Gasteiger partial charge in [0.15, 0.2) is 0 Å². The Labute approximate surface area is 164 Å². The van der Waals surface area contributed by atoms with Gasteiger partial charge in [-0.05, 0) is 37.0 Å². The molecule has 3 atom stereocenters. The van der Waals surface area contributed by atoms with Crippen LogP contribution in [0.5, 0.6) is 0 Å². The summed E-state index contributed by atoms with van der Waals surface area (Å²) in [5.41, 5.74) is 6.20. The van der Waals surface area contributed by atoms with Crippen LogP contribution in [0.25, 0.3) is 0 Å². The fourth-order valence-electron chi connectivity index (χ4n) is 4.57. The topological polar surface area (TPSA) is 92.0 Å². The molecular weight excluding hydrogens is 338 g/mol. The molecule has 5 nitrogen and oxygen atoms in total. The number of hydrogen-bond acceptors (Lipinski definition) is 3. The lowest BCUT2D eigenvalue weighted by molar-refractivity contribution is -0.118. The lowest BCUT2D eigenvalue weighted by Crippen LogP contribution is -2.27. The van der Waals surface area contributed by atoms with E-state index in [1.807, 2.05) is 0 Å². The highest BCUT2D eigenvalue weighted by molar-refractivity contribution is 5.73. The van der Waals surface area contributed by atoms with Gasteiger partial charge in [0.1, 0.15) is 5.82 Å². The Hall–Kier alpha value is -1.36. The Kier molecular flexibility index (Phi) is 8.81. The number of nitrogens with two attached hydrogens (primary N) is 1. The summed E-state index contributed by atoms with van der Waals surface area (Å²) in [6, 6.07) is 0. The summed E-state index contributed by atoms with van der Waals surface area (Å²) in [5, 5.41) is 11.1. The maximum atomic E-state index is 11.1. The Morgan fingerprint density at radius 2 is 2.04 bits per heavy atom. The van der Waals surface area contributed by atoms with E-state index in [0.29, 0.717) is 30.6 Å². The van der Waals surface area contributed by atoms with Crippen molar-refractivity contribution in [2.75, 3.05) is 0 Å². The molecule has 4 N–H and O–H groups in total. The monoisotopic (exact) mass is 377 g/mol. The van der Waals surface area contributed by atoms with Crippen LogP contribution >= 0.6 is 0 Å². The maximum absolute atomic E-state index is 11.1. The van der Waals surface area contributed by atoms with Crippen LogP contribution in [0.4, 0.5) is 0 Å². The highest BCUT2D eigenvalue weighted by Gasteiger charge is 2.30. The van der Waals surface area contributed by atoms with Crippen LogP contribution < -0.4 is 5.73 Å². The number of aliphatic hydroxyl groups is 1. The molecule has 154 valence electrons. The maximum Gasteiger partial charge on any atom is 0.217 e. The Bertz CT molecular complexity index is 564. The summed E-state index contributed by atoms with van der Waals surface area (Å²) >= 11 is 0. The van der Waals surface area contributed by atoms with Crippen molar-refractivity contribution < 1.29 is 9.90 Å². The number of imidazole rings is 1. The van der Waals surface area contributed by atoms with Crippen LogP contribution in [0.15, 0.2) is 6.20 Å². The van der Waals surface area contributed by atoms with Crippen LogP contribution in [0, 0.1) is 17.8 Å². The van der Waals surface area contributed by atoms with Gasteiger partial charge >= 0.3 is 0 Å². The molecule has 1 aromatic heterocycles. The smallest absolute Gasteiger partial charge is 0.217 e. The molecule has 2 rings (SSSR count). The summed E-state index contributed by atoms with van der Waals surface area (Å²) < 4.78 is 0. The van der Waals surface area contributed by atoms with E-state index in [1.54, 1.807) is 6.20 Å². The number of primary amides is 1. The normalized spacial score (nSPS) is 19.1. The number of aromatic amines is 1. The van der Waals surface area contributed by atoms with Gasteiger partial charge in [-0.25, -0.2) is 4.98 Å². The van der Waals surface area contributed by atoms with Crippen molar-refractivity contribution in [3.8, 4) is 0 Å². The molecule has 1 fully saturated rings. The second-order valence-corrected chi connectivity index (χ2v) is 8.82. The Balaban J connectivity index is 2.11. The second kappa shape index (κ2) is 10.8. The molecule has 0 spiro atoms. The lowest BCUT2D eigenvalue weighted by atomic mass is 9.78. The number of hydrogen-bond donors (Lipinski definition) is 3. The van der Waals surface area contributed by atoms with Crippen LogP contribution in [0.3, 0.4) is 0 Å². The summed E-state index contributed by atoms with van der Waals surface area (Å²) in [6.45, 7) is 6.69. The minimum atomic E-state index is -0.380. The molecule has 1 saturated carbocycles. The predicted octanol–water partition coefficient (Wildman–Crippen LogP) is 4.31. The highest BCUT2D eigenvalue weighted by atomic mass is 16.3. The van der Waals surface area contributed by atoms with E-state index in [0.717, 1.165) is 30.8 Å². The molecule has 1 heterocycles. The zero-order valence-electron chi connectivity index (χ0n) is 17.4. The third-order valence-electron chi connectivity index (χ3n) is 6.43. The fourth-order valence-corrected chi connectivity index (χ4v) is 4.57. The number of aliphatic hydroxyl groups excluding tert-OH is 1. The number of aromatic nitrogens is 2. The summed E-state index contributed by atoms with van der Waals surface area (Å²) in [7, 11) is 0. The van der Waals surface area contributed by atoms with Crippen molar-refractivity contribution >= 4 is 5.91 Å². The third-order valence-corrected chi connectivity index (χ3v) is 6.43. The van der Waals surface area contributed by atoms with Gasteiger partial charge in [-0.1, -0.05) is 59.3 Å². The first kappa shape index (κ1) is 21.9. The second-order valence-electron chi connectivity index (χ2n) is 8.82. The van der Waals surface area contributed by atoms with Gasteiger partial charge in [0.25, 0.3) is 0 Å². The van der Waals surface area contributed by atoms with Gasteiger partial charge in [-0.3, -0.25) is 4.79 Å². The zero-order chi connectivity index (χ0) is 19.8. The van der Waals surface area contributed by atoms with Gasteiger partial charge in [-0.15, -0.1) is 0 Å². The average Bonchev–Trinajstić information content (AvgIpc) is 3.11. The fraction of sp³-hybridized carbons (Fsp3) is 0.818. The first-order valence-corrected chi connectivity index (χ1v) is 10.9. The SMILES string of the molecule is CC[C@@H](C[C@H](O)[C@@H](CC1CCCCC1)c1ncc(CCC(N)=O)[nH]1)C(C)C. The van der Waals surface area contributed by atoms with Crippen molar-refractivity contribution in [1.82, 2.24) is 9.97 Å². The summed E-state index contributed by atoms with van der Waals surface area (Å²) in [4.78, 5) is 19.0. The van der Waals surface area contributed by atoms with Crippen molar-refractivity contribution in [3.05, 3.63) is 17.7 Å². The number of nitrogens with one attached hydrogen (secondary N) is 1. The zero-order valence-corrected chi connectivity index (χ0v) is 17.4. The summed E-state index contributed by atoms with van der Waals surface area (Å²) in [6.07, 6.45) is 11.7.